The molecule has 6 nitrogen and oxygen atoms in total. The molecule has 1 saturated heterocycles. The van der Waals surface area contributed by atoms with Crippen LogP contribution in [-0.4, -0.2) is 52.0 Å². The van der Waals surface area contributed by atoms with Crippen LogP contribution in [0.3, 0.4) is 0 Å². The lowest BCUT2D eigenvalue weighted by Crippen LogP contribution is -2.48. The van der Waals surface area contributed by atoms with E-state index in [1.165, 1.54) is 12.1 Å². The van der Waals surface area contributed by atoms with Crippen molar-refractivity contribution in [3.63, 3.8) is 0 Å². The van der Waals surface area contributed by atoms with E-state index < -0.39 is 11.7 Å². The molecule has 0 unspecified atom stereocenters. The summed E-state index contributed by atoms with van der Waals surface area (Å²) in [4.78, 5) is 20.6. The molecule has 3 aromatic rings. The minimum Gasteiger partial charge on any atom is -0.338 e. The summed E-state index contributed by atoms with van der Waals surface area (Å²) in [6, 6.07) is 14.0. The third-order valence-electron chi connectivity index (χ3n) is 4.96. The molecule has 1 aliphatic rings. The first-order valence-corrected chi connectivity index (χ1v) is 9.47. The van der Waals surface area contributed by atoms with E-state index in [4.69, 9.17) is 4.52 Å². The Kier molecular flexibility index (Phi) is 5.54. The number of carbonyl (C=O) groups is 1. The summed E-state index contributed by atoms with van der Waals surface area (Å²) in [6.07, 6.45) is -4.43. The summed E-state index contributed by atoms with van der Waals surface area (Å²) in [5, 5.41) is 3.81. The molecule has 0 aliphatic carbocycles. The van der Waals surface area contributed by atoms with Gasteiger partial charge in [0.1, 0.15) is 0 Å². The zero-order valence-corrected chi connectivity index (χ0v) is 16.0. The van der Waals surface area contributed by atoms with Gasteiger partial charge in [0.05, 0.1) is 12.1 Å². The highest BCUT2D eigenvalue weighted by atomic mass is 19.4. The van der Waals surface area contributed by atoms with Crippen LogP contribution in [-0.2, 0) is 12.7 Å². The lowest BCUT2D eigenvalue weighted by molar-refractivity contribution is -0.137. The molecule has 30 heavy (non-hydrogen) atoms. The van der Waals surface area contributed by atoms with E-state index in [2.05, 4.69) is 15.0 Å². The lowest BCUT2D eigenvalue weighted by atomic mass is 10.1. The number of carbonyl (C=O) groups excluding carboxylic acids is 1. The van der Waals surface area contributed by atoms with E-state index in [1.54, 1.807) is 17.0 Å². The average Bonchev–Trinajstić information content (AvgIpc) is 3.22. The van der Waals surface area contributed by atoms with Gasteiger partial charge < -0.3 is 9.42 Å². The van der Waals surface area contributed by atoms with Gasteiger partial charge in [0, 0.05) is 37.3 Å². The molecule has 0 spiro atoms. The van der Waals surface area contributed by atoms with Crippen LogP contribution in [0.5, 0.6) is 0 Å². The molecule has 1 amide bonds. The minimum absolute atomic E-state index is 0.000118. The van der Waals surface area contributed by atoms with Gasteiger partial charge in [0.2, 0.25) is 11.7 Å². The van der Waals surface area contributed by atoms with E-state index in [1.807, 2.05) is 18.2 Å². The molecule has 4 rings (SSSR count). The molecule has 0 atom stereocenters. The highest BCUT2D eigenvalue weighted by molar-refractivity contribution is 5.94. The normalized spacial score (nSPS) is 15.4. The number of hydrogen-bond acceptors (Lipinski definition) is 5. The summed E-state index contributed by atoms with van der Waals surface area (Å²) in [6.45, 7) is 2.80. The standard InChI is InChI=1S/C21H19F3N4O2/c22-21(23,24)17-8-4-7-16(13-17)19-25-18(30-26-19)14-27-9-11-28(12-10-27)20(29)15-5-2-1-3-6-15/h1-8,13H,9-12,14H2. The number of benzene rings is 2. The largest absolute Gasteiger partial charge is 0.416 e. The van der Waals surface area contributed by atoms with Crippen LogP contribution >= 0.6 is 0 Å². The van der Waals surface area contributed by atoms with Gasteiger partial charge in [0.15, 0.2) is 0 Å². The van der Waals surface area contributed by atoms with Gasteiger partial charge in [-0.15, -0.1) is 0 Å². The fourth-order valence-electron chi connectivity index (χ4n) is 3.33. The van der Waals surface area contributed by atoms with Crippen molar-refractivity contribution in [1.29, 1.82) is 0 Å². The topological polar surface area (TPSA) is 62.5 Å². The Hall–Kier alpha value is -3.20. The van der Waals surface area contributed by atoms with Crippen molar-refractivity contribution in [3.8, 4) is 11.4 Å². The van der Waals surface area contributed by atoms with Crippen molar-refractivity contribution in [2.24, 2.45) is 0 Å². The Bertz CT molecular complexity index is 1010. The second kappa shape index (κ2) is 8.27. The lowest BCUT2D eigenvalue weighted by Gasteiger charge is -2.34. The summed E-state index contributed by atoms with van der Waals surface area (Å²) >= 11 is 0. The molecule has 2 heterocycles. The molecule has 1 aromatic heterocycles. The SMILES string of the molecule is O=C(c1ccccc1)N1CCN(Cc2nc(-c3cccc(C(F)(F)F)c3)no2)CC1. The molecule has 0 bridgehead atoms. The van der Waals surface area contributed by atoms with Gasteiger partial charge in [-0.05, 0) is 24.3 Å². The number of alkyl halides is 3. The third-order valence-corrected chi connectivity index (χ3v) is 4.96. The van der Waals surface area contributed by atoms with Crippen LogP contribution in [0.2, 0.25) is 0 Å². The molecule has 156 valence electrons. The highest BCUT2D eigenvalue weighted by Crippen LogP contribution is 2.31. The van der Waals surface area contributed by atoms with Crippen LogP contribution in [0.15, 0.2) is 59.1 Å². The summed E-state index contributed by atoms with van der Waals surface area (Å²) < 4.78 is 43.9. The van der Waals surface area contributed by atoms with Gasteiger partial charge in [-0.1, -0.05) is 35.5 Å². The molecule has 0 N–H and O–H groups in total. The van der Waals surface area contributed by atoms with Crippen LogP contribution in [0.1, 0.15) is 21.8 Å². The maximum atomic E-state index is 12.9. The van der Waals surface area contributed by atoms with E-state index in [0.29, 0.717) is 44.2 Å². The Morgan fingerprint density at radius 3 is 2.43 bits per heavy atom. The second-order valence-electron chi connectivity index (χ2n) is 7.02. The van der Waals surface area contributed by atoms with Gasteiger partial charge in [-0.2, -0.15) is 18.2 Å². The zero-order chi connectivity index (χ0) is 21.1. The number of halogens is 3. The van der Waals surface area contributed by atoms with Crippen LogP contribution < -0.4 is 0 Å². The maximum Gasteiger partial charge on any atom is 0.416 e. The van der Waals surface area contributed by atoms with Crippen molar-refractivity contribution in [3.05, 3.63) is 71.6 Å². The summed E-state index contributed by atoms with van der Waals surface area (Å²) in [7, 11) is 0. The predicted octanol–water partition coefficient (Wildman–Crippen LogP) is 3.71. The minimum atomic E-state index is -4.43. The first-order chi connectivity index (χ1) is 14.4. The van der Waals surface area contributed by atoms with Gasteiger partial charge in [-0.3, -0.25) is 9.69 Å². The molecule has 1 fully saturated rings. The number of aromatic nitrogens is 2. The number of amides is 1. The van der Waals surface area contributed by atoms with Crippen molar-refractivity contribution in [2.75, 3.05) is 26.2 Å². The summed E-state index contributed by atoms with van der Waals surface area (Å²) in [5.74, 6) is 0.444. The van der Waals surface area contributed by atoms with Gasteiger partial charge in [0.25, 0.3) is 5.91 Å². The molecule has 1 aliphatic heterocycles. The first kappa shape index (κ1) is 20.1. The quantitative estimate of drug-likeness (QED) is 0.649. The summed E-state index contributed by atoms with van der Waals surface area (Å²) in [5.41, 5.74) is 0.150. The second-order valence-corrected chi connectivity index (χ2v) is 7.02. The molecular weight excluding hydrogens is 397 g/mol. The van der Waals surface area contributed by atoms with E-state index in [-0.39, 0.29) is 17.3 Å². The maximum absolute atomic E-state index is 12.9. The predicted molar refractivity (Wildman–Crippen MR) is 102 cm³/mol. The highest BCUT2D eigenvalue weighted by Gasteiger charge is 2.31. The molecule has 2 aromatic carbocycles. The van der Waals surface area contributed by atoms with Crippen LogP contribution in [0.25, 0.3) is 11.4 Å². The molecule has 9 heteroatoms. The van der Waals surface area contributed by atoms with Gasteiger partial charge >= 0.3 is 6.18 Å². The van der Waals surface area contributed by atoms with Crippen LogP contribution in [0.4, 0.5) is 13.2 Å². The monoisotopic (exact) mass is 416 g/mol. The van der Waals surface area contributed by atoms with Crippen molar-refractivity contribution in [1.82, 2.24) is 19.9 Å². The molecular formula is C21H19F3N4O2. The Balaban J connectivity index is 1.36. The first-order valence-electron chi connectivity index (χ1n) is 9.47. The van der Waals surface area contributed by atoms with Crippen molar-refractivity contribution < 1.29 is 22.5 Å². The number of rotatable bonds is 4. The number of piperazine rings is 1. The van der Waals surface area contributed by atoms with Crippen LogP contribution in [0, 0.1) is 0 Å². The van der Waals surface area contributed by atoms with Crippen molar-refractivity contribution in [2.45, 2.75) is 12.7 Å². The van der Waals surface area contributed by atoms with E-state index in [9.17, 15) is 18.0 Å². The van der Waals surface area contributed by atoms with Gasteiger partial charge in [-0.25, -0.2) is 0 Å². The average molecular weight is 416 g/mol. The van der Waals surface area contributed by atoms with E-state index >= 15 is 0 Å². The molecule has 0 saturated carbocycles. The Morgan fingerprint density at radius 2 is 1.73 bits per heavy atom. The smallest absolute Gasteiger partial charge is 0.338 e. The zero-order valence-electron chi connectivity index (χ0n) is 16.0. The Labute approximate surface area is 170 Å². The van der Waals surface area contributed by atoms with Crippen molar-refractivity contribution >= 4 is 5.91 Å². The fraction of sp³-hybridized carbons (Fsp3) is 0.286. The van der Waals surface area contributed by atoms with E-state index in [0.717, 1.165) is 12.1 Å². The Morgan fingerprint density at radius 1 is 1.00 bits per heavy atom. The fourth-order valence-corrected chi connectivity index (χ4v) is 3.33. The third kappa shape index (κ3) is 4.51. The number of hydrogen-bond donors (Lipinski definition) is 0. The molecule has 0 radical (unpaired) electrons. The number of nitrogens with zero attached hydrogens (tertiary/aromatic N) is 4.